The molecule has 0 bridgehead atoms. The van der Waals surface area contributed by atoms with Gasteiger partial charge in [-0.25, -0.2) is 0 Å². The summed E-state index contributed by atoms with van der Waals surface area (Å²) in [5, 5.41) is 0. The predicted molar refractivity (Wildman–Crippen MR) is 145 cm³/mol. The van der Waals surface area contributed by atoms with Crippen LogP contribution in [0.1, 0.15) is 46.1 Å². The van der Waals surface area contributed by atoms with E-state index in [1.54, 1.807) is 6.49 Å². The van der Waals surface area contributed by atoms with Crippen LogP contribution >= 0.6 is 0 Å². The van der Waals surface area contributed by atoms with Gasteiger partial charge in [0.1, 0.15) is 0 Å². The first kappa shape index (κ1) is 27.7. The third kappa shape index (κ3) is 5.20. The SMILES string of the molecule is CC(C)C1=CC[C]([Zr+2](=[C](c2ccccc2)c2ccccc2)[CH]2c3ccccc3-c3ccccc32)=C1.[Cl-].[Cl-]. The Balaban J connectivity index is 0.00000160. The van der Waals surface area contributed by atoms with E-state index in [4.69, 9.17) is 0 Å². The second kappa shape index (κ2) is 12.0. The van der Waals surface area contributed by atoms with Gasteiger partial charge in [-0.15, -0.1) is 0 Å². The molecule has 0 unspecified atom stereocenters. The van der Waals surface area contributed by atoms with Gasteiger partial charge in [0.15, 0.2) is 0 Å². The Morgan fingerprint density at radius 3 is 1.57 bits per heavy atom. The monoisotopic (exact) mass is 598 g/mol. The molecular formula is C34H30Cl2Zr. The van der Waals surface area contributed by atoms with Gasteiger partial charge in [-0.05, 0) is 0 Å². The maximum atomic E-state index is 2.59. The van der Waals surface area contributed by atoms with Crippen molar-refractivity contribution in [2.24, 2.45) is 5.92 Å². The van der Waals surface area contributed by atoms with E-state index in [9.17, 15) is 0 Å². The number of hydrogen-bond donors (Lipinski definition) is 0. The molecule has 0 aromatic heterocycles. The topological polar surface area (TPSA) is 0 Å². The van der Waals surface area contributed by atoms with Crippen molar-refractivity contribution in [3.63, 3.8) is 0 Å². The van der Waals surface area contributed by atoms with E-state index in [1.165, 1.54) is 39.0 Å². The number of hydrogen-bond acceptors (Lipinski definition) is 0. The van der Waals surface area contributed by atoms with Crippen LogP contribution in [-0.4, -0.2) is 3.21 Å². The molecule has 0 amide bonds. The molecule has 2 aliphatic rings. The molecule has 0 heterocycles. The van der Waals surface area contributed by atoms with Gasteiger partial charge in [0, 0.05) is 0 Å². The van der Waals surface area contributed by atoms with E-state index in [-0.39, 0.29) is 24.8 Å². The van der Waals surface area contributed by atoms with Crippen molar-refractivity contribution < 1.29 is 46.1 Å². The molecule has 6 rings (SSSR count). The van der Waals surface area contributed by atoms with E-state index in [0.29, 0.717) is 9.54 Å². The molecule has 37 heavy (non-hydrogen) atoms. The summed E-state index contributed by atoms with van der Waals surface area (Å²) in [7, 11) is 0. The minimum atomic E-state index is -2.56. The van der Waals surface area contributed by atoms with E-state index < -0.39 is 21.3 Å². The zero-order valence-electron chi connectivity index (χ0n) is 21.2. The zero-order chi connectivity index (χ0) is 23.8. The minimum Gasteiger partial charge on any atom is -1.00 e. The third-order valence-corrected chi connectivity index (χ3v) is 15.7. The van der Waals surface area contributed by atoms with Crippen LogP contribution in [0.5, 0.6) is 0 Å². The molecule has 4 aromatic carbocycles. The largest absolute Gasteiger partial charge is 1.00 e. The number of fused-ring (bicyclic) bond motifs is 3. The quantitative estimate of drug-likeness (QED) is 0.331. The molecule has 0 N–H and O–H groups in total. The summed E-state index contributed by atoms with van der Waals surface area (Å²) in [5.41, 5.74) is 10.2. The van der Waals surface area contributed by atoms with Crippen molar-refractivity contribution >= 4 is 3.21 Å². The Hall–Kier alpha value is -2.31. The number of benzene rings is 4. The van der Waals surface area contributed by atoms with Crippen molar-refractivity contribution in [1.29, 1.82) is 0 Å². The molecule has 0 fully saturated rings. The smallest absolute Gasteiger partial charge is 1.00 e. The summed E-state index contributed by atoms with van der Waals surface area (Å²) in [5.74, 6) is 0.567. The van der Waals surface area contributed by atoms with Crippen molar-refractivity contribution in [3.8, 4) is 11.1 Å². The van der Waals surface area contributed by atoms with Crippen LogP contribution in [0, 0.1) is 5.92 Å². The average Bonchev–Trinajstić information content (AvgIpc) is 3.52. The standard InChI is InChI=1S/C13H9.C13H10.C8H11.2ClH.Zr/c1-3-7-12-10(5-1)9-11-6-2-4-8-13(11)12;1-3-7-12(8-4-1)11-13-9-5-2-6-10-13;1-7(2)8-5-3-4-6-8;;;/h1-9H;1-10H;5-7H,3H2,1-2H3;2*1H;/q;;;;;+2/p-2. The van der Waals surface area contributed by atoms with Gasteiger partial charge in [0.05, 0.1) is 0 Å². The van der Waals surface area contributed by atoms with Crippen LogP contribution in [0.15, 0.2) is 130 Å². The Morgan fingerprint density at radius 1 is 0.649 bits per heavy atom. The van der Waals surface area contributed by atoms with Crippen LogP contribution in [0.4, 0.5) is 0 Å². The summed E-state index contributed by atoms with van der Waals surface area (Å²) in [6.45, 7) is 4.65. The molecule has 3 heteroatoms. The van der Waals surface area contributed by atoms with Crippen LogP contribution in [-0.2, 0) is 21.3 Å². The van der Waals surface area contributed by atoms with E-state index in [2.05, 4.69) is 135 Å². The van der Waals surface area contributed by atoms with Crippen LogP contribution in [0.25, 0.3) is 11.1 Å². The number of allylic oxidation sites excluding steroid dienone is 4. The molecule has 0 radical (unpaired) electrons. The second-order valence-electron chi connectivity index (χ2n) is 9.86. The van der Waals surface area contributed by atoms with Gasteiger partial charge in [0.2, 0.25) is 0 Å². The summed E-state index contributed by atoms with van der Waals surface area (Å²) in [6.07, 6.45) is 6.20. The average molecular weight is 601 g/mol. The molecule has 4 aromatic rings. The third-order valence-electron chi connectivity index (χ3n) is 7.43. The minimum absolute atomic E-state index is 0. The predicted octanol–water partition coefficient (Wildman–Crippen LogP) is 2.52. The maximum Gasteiger partial charge on any atom is -1.00 e. The molecule has 0 saturated heterocycles. The van der Waals surface area contributed by atoms with Gasteiger partial charge < -0.3 is 24.8 Å². The summed E-state index contributed by atoms with van der Waals surface area (Å²) in [6, 6.07) is 40.8. The second-order valence-corrected chi connectivity index (χ2v) is 16.1. The van der Waals surface area contributed by atoms with Gasteiger partial charge in [-0.1, -0.05) is 0 Å². The molecule has 184 valence electrons. The van der Waals surface area contributed by atoms with Crippen molar-refractivity contribution in [2.75, 3.05) is 0 Å². The normalized spacial score (nSPS) is 13.4. The summed E-state index contributed by atoms with van der Waals surface area (Å²) < 4.78 is 3.82. The Labute approximate surface area is 241 Å². The van der Waals surface area contributed by atoms with Crippen LogP contribution < -0.4 is 24.8 Å². The molecular weight excluding hydrogens is 571 g/mol. The summed E-state index contributed by atoms with van der Waals surface area (Å²) >= 11 is -2.56. The first-order valence-electron chi connectivity index (χ1n) is 12.7. The van der Waals surface area contributed by atoms with Crippen molar-refractivity contribution in [1.82, 2.24) is 0 Å². The van der Waals surface area contributed by atoms with Gasteiger partial charge in [0.25, 0.3) is 0 Å². The van der Waals surface area contributed by atoms with Crippen molar-refractivity contribution in [2.45, 2.75) is 23.9 Å². The Bertz CT molecular complexity index is 1390. The van der Waals surface area contributed by atoms with Crippen LogP contribution in [0.2, 0.25) is 0 Å². The Morgan fingerprint density at radius 2 is 1.11 bits per heavy atom. The van der Waals surface area contributed by atoms with E-state index in [0.717, 1.165) is 6.42 Å². The van der Waals surface area contributed by atoms with Crippen molar-refractivity contribution in [3.05, 3.63) is 152 Å². The first-order chi connectivity index (χ1) is 17.2. The molecule has 0 spiro atoms. The maximum absolute atomic E-state index is 2.59. The fourth-order valence-corrected chi connectivity index (χ4v) is 14.9. The fraction of sp³-hybridized carbons (Fsp3) is 0.147. The molecule has 0 nitrogen and oxygen atoms in total. The molecule has 0 atom stereocenters. The molecule has 2 aliphatic carbocycles. The Kier molecular flexibility index (Phi) is 9.02. The van der Waals surface area contributed by atoms with E-state index in [1.807, 2.05) is 0 Å². The zero-order valence-corrected chi connectivity index (χ0v) is 25.1. The number of rotatable bonds is 5. The fourth-order valence-electron chi connectivity index (χ4n) is 5.78. The molecule has 0 saturated carbocycles. The molecule has 0 aliphatic heterocycles. The van der Waals surface area contributed by atoms with E-state index >= 15 is 0 Å². The van der Waals surface area contributed by atoms with Gasteiger partial charge >= 0.3 is 218 Å². The first-order valence-corrected chi connectivity index (χ1v) is 16.5. The summed E-state index contributed by atoms with van der Waals surface area (Å²) in [4.78, 5) is 0. The van der Waals surface area contributed by atoms with Crippen LogP contribution in [0.3, 0.4) is 0 Å². The van der Waals surface area contributed by atoms with Gasteiger partial charge in [-0.2, -0.15) is 0 Å². The number of halogens is 2. The van der Waals surface area contributed by atoms with Gasteiger partial charge in [-0.3, -0.25) is 0 Å².